The van der Waals surface area contributed by atoms with E-state index in [1.165, 1.54) is 6.07 Å². The van der Waals surface area contributed by atoms with Gasteiger partial charge in [-0.3, -0.25) is 0 Å². The van der Waals surface area contributed by atoms with Crippen molar-refractivity contribution >= 4 is 26.8 Å². The molecule has 1 N–H and O–H groups in total. The van der Waals surface area contributed by atoms with Gasteiger partial charge in [-0.25, -0.2) is 4.39 Å². The number of rotatable bonds is 1. The van der Waals surface area contributed by atoms with Gasteiger partial charge in [0.2, 0.25) is 0 Å². The number of halogens is 2. The fourth-order valence-electron chi connectivity index (χ4n) is 1.31. The number of H-pyrrole nitrogens is 1. The van der Waals surface area contributed by atoms with Gasteiger partial charge in [0.15, 0.2) is 0 Å². The smallest absolute Gasteiger partial charge is 0.132 e. The molecule has 12 heavy (non-hydrogen) atoms. The van der Waals surface area contributed by atoms with Crippen molar-refractivity contribution in [2.45, 2.75) is 5.33 Å². The minimum absolute atomic E-state index is 0.164. The summed E-state index contributed by atoms with van der Waals surface area (Å²) in [6.07, 6.45) is 1.82. The third-order valence-corrected chi connectivity index (χ3v) is 2.48. The molecule has 62 valence electrons. The van der Waals surface area contributed by atoms with Crippen LogP contribution >= 0.6 is 15.9 Å². The van der Waals surface area contributed by atoms with Crippen molar-refractivity contribution in [2.24, 2.45) is 0 Å². The van der Waals surface area contributed by atoms with Crippen LogP contribution in [0.2, 0.25) is 0 Å². The molecule has 0 amide bonds. The van der Waals surface area contributed by atoms with Gasteiger partial charge < -0.3 is 4.98 Å². The number of nitrogens with one attached hydrogen (secondary N) is 1. The molecular weight excluding hydrogens is 221 g/mol. The van der Waals surface area contributed by atoms with E-state index in [2.05, 4.69) is 20.9 Å². The first-order chi connectivity index (χ1) is 5.83. The summed E-state index contributed by atoms with van der Waals surface area (Å²) < 4.78 is 13.2. The molecular formula is C9H7BrFN. The molecule has 0 fully saturated rings. The second kappa shape index (κ2) is 2.90. The minimum Gasteiger partial charge on any atom is -0.361 e. The third-order valence-electron chi connectivity index (χ3n) is 1.88. The van der Waals surface area contributed by atoms with Crippen molar-refractivity contribution in [2.75, 3.05) is 0 Å². The molecule has 0 bridgehead atoms. The SMILES string of the molecule is Fc1cccc2[nH]cc(CBr)c12. The number of aromatic nitrogens is 1. The van der Waals surface area contributed by atoms with Gasteiger partial charge in [0.25, 0.3) is 0 Å². The number of aromatic amines is 1. The average Bonchev–Trinajstić information content (AvgIpc) is 2.49. The fraction of sp³-hybridized carbons (Fsp3) is 0.111. The van der Waals surface area contributed by atoms with E-state index in [0.717, 1.165) is 11.1 Å². The zero-order chi connectivity index (χ0) is 8.55. The quantitative estimate of drug-likeness (QED) is 0.721. The molecule has 0 atom stereocenters. The van der Waals surface area contributed by atoms with Gasteiger partial charge in [0.1, 0.15) is 5.82 Å². The molecule has 0 unspecified atom stereocenters. The Kier molecular flexibility index (Phi) is 1.89. The second-order valence-electron chi connectivity index (χ2n) is 2.61. The molecule has 0 aliphatic carbocycles. The lowest BCUT2D eigenvalue weighted by Crippen LogP contribution is -1.78. The summed E-state index contributed by atoms with van der Waals surface area (Å²) in [5, 5.41) is 1.36. The van der Waals surface area contributed by atoms with Crippen LogP contribution in [0, 0.1) is 5.82 Å². The van der Waals surface area contributed by atoms with Crippen molar-refractivity contribution in [1.29, 1.82) is 0 Å². The average molecular weight is 228 g/mol. The van der Waals surface area contributed by atoms with Crippen LogP contribution in [0.25, 0.3) is 10.9 Å². The van der Waals surface area contributed by atoms with Crippen molar-refractivity contribution in [3.8, 4) is 0 Å². The lowest BCUT2D eigenvalue weighted by molar-refractivity contribution is 0.639. The minimum atomic E-state index is -0.164. The molecule has 2 rings (SSSR count). The Morgan fingerprint density at radius 3 is 3.00 bits per heavy atom. The molecule has 0 saturated heterocycles. The molecule has 0 aliphatic heterocycles. The number of fused-ring (bicyclic) bond motifs is 1. The van der Waals surface area contributed by atoms with Crippen LogP contribution in [0.3, 0.4) is 0 Å². The maximum atomic E-state index is 13.2. The van der Waals surface area contributed by atoms with Crippen LogP contribution in [0.1, 0.15) is 5.56 Å². The highest BCUT2D eigenvalue weighted by atomic mass is 79.9. The van der Waals surface area contributed by atoms with Crippen LogP contribution < -0.4 is 0 Å². The molecule has 2 aromatic rings. The Morgan fingerprint density at radius 1 is 1.42 bits per heavy atom. The number of benzene rings is 1. The van der Waals surface area contributed by atoms with Gasteiger partial charge in [0.05, 0.1) is 0 Å². The lowest BCUT2D eigenvalue weighted by atomic mass is 10.2. The molecule has 0 aliphatic rings. The normalized spacial score (nSPS) is 10.8. The zero-order valence-corrected chi connectivity index (χ0v) is 7.86. The van der Waals surface area contributed by atoms with Crippen LogP contribution in [-0.2, 0) is 5.33 Å². The van der Waals surface area contributed by atoms with E-state index >= 15 is 0 Å². The van der Waals surface area contributed by atoms with Gasteiger partial charge in [-0.1, -0.05) is 22.0 Å². The van der Waals surface area contributed by atoms with E-state index in [1.54, 1.807) is 6.07 Å². The van der Waals surface area contributed by atoms with Crippen molar-refractivity contribution in [1.82, 2.24) is 4.98 Å². The first kappa shape index (κ1) is 7.80. The molecule has 1 aromatic carbocycles. The predicted octanol–water partition coefficient (Wildman–Crippen LogP) is 3.20. The molecule has 1 heterocycles. The highest BCUT2D eigenvalue weighted by molar-refractivity contribution is 9.08. The standard InChI is InChI=1S/C9H7BrFN/c10-4-6-5-12-8-3-1-2-7(11)9(6)8/h1-3,5,12H,4H2. The molecule has 1 aromatic heterocycles. The Morgan fingerprint density at radius 2 is 2.25 bits per heavy atom. The Labute approximate surface area is 77.7 Å². The monoisotopic (exact) mass is 227 g/mol. The molecule has 3 heteroatoms. The summed E-state index contributed by atoms with van der Waals surface area (Å²) in [6, 6.07) is 5.04. The highest BCUT2D eigenvalue weighted by Gasteiger charge is 2.05. The fourth-order valence-corrected chi connectivity index (χ4v) is 1.76. The Hall–Kier alpha value is -0.830. The topological polar surface area (TPSA) is 15.8 Å². The number of alkyl halides is 1. The Balaban J connectivity index is 2.83. The van der Waals surface area contributed by atoms with Crippen LogP contribution in [0.5, 0.6) is 0 Å². The zero-order valence-electron chi connectivity index (χ0n) is 6.27. The van der Waals surface area contributed by atoms with E-state index in [1.807, 2.05) is 12.3 Å². The van der Waals surface area contributed by atoms with Gasteiger partial charge in [-0.05, 0) is 17.7 Å². The second-order valence-corrected chi connectivity index (χ2v) is 3.17. The molecule has 1 nitrogen and oxygen atoms in total. The van der Waals surface area contributed by atoms with Crippen LogP contribution in [0.15, 0.2) is 24.4 Å². The summed E-state index contributed by atoms with van der Waals surface area (Å²) >= 11 is 3.31. The van der Waals surface area contributed by atoms with Gasteiger partial charge >= 0.3 is 0 Å². The van der Waals surface area contributed by atoms with Gasteiger partial charge in [-0.2, -0.15) is 0 Å². The molecule has 0 radical (unpaired) electrons. The molecule has 0 saturated carbocycles. The van der Waals surface area contributed by atoms with Crippen LogP contribution in [-0.4, -0.2) is 4.98 Å². The summed E-state index contributed by atoms with van der Waals surface area (Å²) in [7, 11) is 0. The van der Waals surface area contributed by atoms with E-state index in [9.17, 15) is 4.39 Å². The van der Waals surface area contributed by atoms with Crippen molar-refractivity contribution in [3.05, 3.63) is 35.8 Å². The van der Waals surface area contributed by atoms with E-state index < -0.39 is 0 Å². The third kappa shape index (κ3) is 1.05. The maximum Gasteiger partial charge on any atom is 0.132 e. The summed E-state index contributed by atoms with van der Waals surface area (Å²) in [6.45, 7) is 0. The summed E-state index contributed by atoms with van der Waals surface area (Å²) in [5.41, 5.74) is 1.81. The van der Waals surface area contributed by atoms with Gasteiger partial charge in [0, 0.05) is 22.4 Å². The highest BCUT2D eigenvalue weighted by Crippen LogP contribution is 2.22. The largest absolute Gasteiger partial charge is 0.361 e. The summed E-state index contributed by atoms with van der Waals surface area (Å²) in [5.74, 6) is -0.164. The number of hydrogen-bond acceptors (Lipinski definition) is 0. The predicted molar refractivity (Wildman–Crippen MR) is 50.9 cm³/mol. The number of hydrogen-bond donors (Lipinski definition) is 1. The Bertz CT molecular complexity index is 408. The lowest BCUT2D eigenvalue weighted by Gasteiger charge is -1.93. The van der Waals surface area contributed by atoms with Crippen molar-refractivity contribution in [3.63, 3.8) is 0 Å². The van der Waals surface area contributed by atoms with E-state index in [0.29, 0.717) is 10.7 Å². The van der Waals surface area contributed by atoms with Crippen molar-refractivity contribution < 1.29 is 4.39 Å². The van der Waals surface area contributed by atoms with E-state index in [-0.39, 0.29) is 5.82 Å². The summed E-state index contributed by atoms with van der Waals surface area (Å²) in [4.78, 5) is 3.01. The van der Waals surface area contributed by atoms with E-state index in [4.69, 9.17) is 0 Å². The maximum absolute atomic E-state index is 13.2. The first-order valence-corrected chi connectivity index (χ1v) is 4.75. The first-order valence-electron chi connectivity index (χ1n) is 3.63. The van der Waals surface area contributed by atoms with Gasteiger partial charge in [-0.15, -0.1) is 0 Å². The molecule has 0 spiro atoms. The van der Waals surface area contributed by atoms with Crippen LogP contribution in [0.4, 0.5) is 4.39 Å².